The molecule has 5 nitrogen and oxygen atoms in total. The van der Waals surface area contributed by atoms with E-state index in [0.29, 0.717) is 19.5 Å². The van der Waals surface area contributed by atoms with Crippen molar-refractivity contribution in [3.8, 4) is 0 Å². The number of fused-ring (bicyclic) bond motifs is 1. The minimum Gasteiger partial charge on any atom is -0.356 e. The maximum absolute atomic E-state index is 11.9. The standard InChI is InChI=1S/C19H21BrN4O/c1-21-19(22-11-13-5-4-6-15(20)9-13)23-12-14-10-18(25)24-17-8-3-2-7-16(14)17/h2-9,14H,10-12H2,1H3,(H,24,25)(H2,21,22,23). The SMILES string of the molecule is CN=C(NCc1cccc(Br)c1)NCC1CC(=O)Nc2ccccc21. The highest BCUT2D eigenvalue weighted by atomic mass is 79.9. The second kappa shape index (κ2) is 8.16. The Labute approximate surface area is 156 Å². The van der Waals surface area contributed by atoms with Crippen molar-refractivity contribution in [1.29, 1.82) is 0 Å². The lowest BCUT2D eigenvalue weighted by atomic mass is 9.90. The third-order valence-electron chi connectivity index (χ3n) is 4.20. The molecule has 130 valence electrons. The van der Waals surface area contributed by atoms with Gasteiger partial charge < -0.3 is 16.0 Å². The van der Waals surface area contributed by atoms with Crippen LogP contribution in [0.5, 0.6) is 0 Å². The molecular weight excluding hydrogens is 380 g/mol. The lowest BCUT2D eigenvalue weighted by Gasteiger charge is -2.26. The summed E-state index contributed by atoms with van der Waals surface area (Å²) in [6, 6.07) is 16.1. The molecule has 1 aliphatic heterocycles. The van der Waals surface area contributed by atoms with Crippen LogP contribution in [0.25, 0.3) is 0 Å². The van der Waals surface area contributed by atoms with Crippen LogP contribution < -0.4 is 16.0 Å². The summed E-state index contributed by atoms with van der Waals surface area (Å²) >= 11 is 3.48. The summed E-state index contributed by atoms with van der Waals surface area (Å²) in [5.41, 5.74) is 3.24. The average molecular weight is 401 g/mol. The minimum atomic E-state index is 0.0579. The van der Waals surface area contributed by atoms with Gasteiger partial charge in [-0.1, -0.05) is 46.3 Å². The number of carbonyl (C=O) groups is 1. The predicted molar refractivity (Wildman–Crippen MR) is 105 cm³/mol. The molecule has 6 heteroatoms. The summed E-state index contributed by atoms with van der Waals surface area (Å²) in [7, 11) is 1.75. The Bertz CT molecular complexity index is 790. The molecule has 0 aliphatic carbocycles. The molecule has 0 radical (unpaired) electrons. The summed E-state index contributed by atoms with van der Waals surface area (Å²) in [5, 5.41) is 9.56. The van der Waals surface area contributed by atoms with Crippen molar-refractivity contribution in [3.05, 3.63) is 64.1 Å². The van der Waals surface area contributed by atoms with Gasteiger partial charge in [-0.25, -0.2) is 0 Å². The Morgan fingerprint density at radius 3 is 2.88 bits per heavy atom. The van der Waals surface area contributed by atoms with E-state index in [4.69, 9.17) is 0 Å². The van der Waals surface area contributed by atoms with Gasteiger partial charge in [0.05, 0.1) is 0 Å². The highest BCUT2D eigenvalue weighted by Gasteiger charge is 2.24. The number of guanidine groups is 1. The first-order chi connectivity index (χ1) is 12.2. The number of benzene rings is 2. The molecule has 0 saturated carbocycles. The van der Waals surface area contributed by atoms with Crippen LogP contribution in [0.15, 0.2) is 58.0 Å². The summed E-state index contributed by atoms with van der Waals surface area (Å²) in [5.74, 6) is 0.917. The van der Waals surface area contributed by atoms with Crippen molar-refractivity contribution in [2.45, 2.75) is 18.9 Å². The third kappa shape index (κ3) is 4.60. The first-order valence-corrected chi connectivity index (χ1v) is 9.03. The van der Waals surface area contributed by atoms with Crippen molar-refractivity contribution in [3.63, 3.8) is 0 Å². The van der Waals surface area contributed by atoms with Gasteiger partial charge in [-0.05, 0) is 29.3 Å². The van der Waals surface area contributed by atoms with E-state index >= 15 is 0 Å². The van der Waals surface area contributed by atoms with E-state index in [1.54, 1.807) is 7.05 Å². The molecule has 1 atom stereocenters. The van der Waals surface area contributed by atoms with Crippen LogP contribution in [0.2, 0.25) is 0 Å². The van der Waals surface area contributed by atoms with Gasteiger partial charge in [0.15, 0.2) is 5.96 Å². The van der Waals surface area contributed by atoms with Crippen LogP contribution in [0.3, 0.4) is 0 Å². The Hall–Kier alpha value is -2.34. The Morgan fingerprint density at radius 2 is 2.08 bits per heavy atom. The van der Waals surface area contributed by atoms with Crippen LogP contribution in [0.4, 0.5) is 5.69 Å². The summed E-state index contributed by atoms with van der Waals surface area (Å²) < 4.78 is 1.06. The molecule has 25 heavy (non-hydrogen) atoms. The number of amides is 1. The van der Waals surface area contributed by atoms with E-state index in [1.165, 1.54) is 5.56 Å². The zero-order chi connectivity index (χ0) is 17.6. The summed E-state index contributed by atoms with van der Waals surface area (Å²) in [4.78, 5) is 16.2. The quantitative estimate of drug-likeness (QED) is 0.545. The second-order valence-corrected chi connectivity index (χ2v) is 6.89. The van der Waals surface area contributed by atoms with E-state index in [0.717, 1.165) is 21.7 Å². The number of nitrogens with one attached hydrogen (secondary N) is 3. The van der Waals surface area contributed by atoms with Crippen molar-refractivity contribution < 1.29 is 4.79 Å². The predicted octanol–water partition coefficient (Wildman–Crippen LogP) is 3.24. The molecule has 0 bridgehead atoms. The Balaban J connectivity index is 1.59. The maximum Gasteiger partial charge on any atom is 0.225 e. The second-order valence-electron chi connectivity index (χ2n) is 5.97. The summed E-state index contributed by atoms with van der Waals surface area (Å²) in [6.07, 6.45) is 0.479. The van der Waals surface area contributed by atoms with Gasteiger partial charge in [-0.2, -0.15) is 0 Å². The molecule has 2 aromatic carbocycles. The molecule has 1 heterocycles. The van der Waals surface area contributed by atoms with E-state index in [-0.39, 0.29) is 11.8 Å². The molecule has 0 fully saturated rings. The number of carbonyl (C=O) groups excluding carboxylic acids is 1. The number of para-hydroxylation sites is 1. The molecule has 2 aromatic rings. The highest BCUT2D eigenvalue weighted by molar-refractivity contribution is 9.10. The fourth-order valence-corrected chi connectivity index (χ4v) is 3.40. The number of hydrogen-bond donors (Lipinski definition) is 3. The van der Waals surface area contributed by atoms with Gasteiger partial charge in [0.2, 0.25) is 5.91 Å². The number of rotatable bonds is 4. The summed E-state index contributed by atoms with van der Waals surface area (Å²) in [6.45, 7) is 1.34. The molecule has 3 rings (SSSR count). The normalized spacial score (nSPS) is 16.8. The van der Waals surface area contributed by atoms with Gasteiger partial charge >= 0.3 is 0 Å². The Kier molecular flexibility index (Phi) is 5.71. The van der Waals surface area contributed by atoms with Crippen LogP contribution >= 0.6 is 15.9 Å². The van der Waals surface area contributed by atoms with E-state index in [1.807, 2.05) is 30.3 Å². The van der Waals surface area contributed by atoms with Gasteiger partial charge in [-0.3, -0.25) is 9.79 Å². The van der Waals surface area contributed by atoms with Crippen LogP contribution in [0, 0.1) is 0 Å². The topological polar surface area (TPSA) is 65.5 Å². The van der Waals surface area contributed by atoms with Crippen LogP contribution in [-0.2, 0) is 11.3 Å². The first-order valence-electron chi connectivity index (χ1n) is 8.23. The van der Waals surface area contributed by atoms with Gasteiger partial charge in [-0.15, -0.1) is 0 Å². The third-order valence-corrected chi connectivity index (χ3v) is 4.69. The zero-order valence-electron chi connectivity index (χ0n) is 14.1. The number of anilines is 1. The molecule has 3 N–H and O–H groups in total. The molecule has 1 unspecified atom stereocenters. The smallest absolute Gasteiger partial charge is 0.225 e. The highest BCUT2D eigenvalue weighted by Crippen LogP contribution is 2.31. The average Bonchev–Trinajstić information content (AvgIpc) is 2.61. The van der Waals surface area contributed by atoms with Gasteiger partial charge in [0.25, 0.3) is 0 Å². The molecule has 1 aliphatic rings. The Morgan fingerprint density at radius 1 is 1.24 bits per heavy atom. The molecule has 0 saturated heterocycles. The lowest BCUT2D eigenvalue weighted by Crippen LogP contribution is -2.40. The molecule has 1 amide bonds. The number of aliphatic imine (C=N–C) groups is 1. The number of nitrogens with zero attached hydrogens (tertiary/aromatic N) is 1. The fourth-order valence-electron chi connectivity index (χ4n) is 2.96. The maximum atomic E-state index is 11.9. The van der Waals surface area contributed by atoms with Gasteiger partial charge in [0, 0.05) is 42.6 Å². The number of halogens is 1. The first kappa shape index (κ1) is 17.5. The fraction of sp³-hybridized carbons (Fsp3) is 0.263. The number of hydrogen-bond acceptors (Lipinski definition) is 2. The molecule has 0 spiro atoms. The van der Waals surface area contributed by atoms with Crippen molar-refractivity contribution in [1.82, 2.24) is 10.6 Å². The van der Waals surface area contributed by atoms with Crippen LogP contribution in [-0.4, -0.2) is 25.5 Å². The molecular formula is C19H21BrN4O. The van der Waals surface area contributed by atoms with Crippen molar-refractivity contribution in [2.75, 3.05) is 18.9 Å². The molecule has 0 aromatic heterocycles. The van der Waals surface area contributed by atoms with E-state index in [9.17, 15) is 4.79 Å². The van der Waals surface area contributed by atoms with E-state index < -0.39 is 0 Å². The lowest BCUT2D eigenvalue weighted by molar-refractivity contribution is -0.116. The minimum absolute atomic E-state index is 0.0579. The van der Waals surface area contributed by atoms with Crippen molar-refractivity contribution >= 4 is 33.5 Å². The van der Waals surface area contributed by atoms with Gasteiger partial charge in [0.1, 0.15) is 0 Å². The largest absolute Gasteiger partial charge is 0.356 e. The van der Waals surface area contributed by atoms with E-state index in [2.05, 4.69) is 55.1 Å². The monoisotopic (exact) mass is 400 g/mol. The van der Waals surface area contributed by atoms with Crippen molar-refractivity contribution in [2.24, 2.45) is 4.99 Å². The zero-order valence-corrected chi connectivity index (χ0v) is 15.6. The van der Waals surface area contributed by atoms with Crippen LogP contribution in [0.1, 0.15) is 23.5 Å².